The van der Waals surface area contributed by atoms with Crippen LogP contribution in [0.4, 0.5) is 0 Å². The normalized spacial score (nSPS) is 16.0. The van der Waals surface area contributed by atoms with Gasteiger partial charge >= 0.3 is 0 Å². The van der Waals surface area contributed by atoms with Gasteiger partial charge in [-0.2, -0.15) is 5.26 Å². The van der Waals surface area contributed by atoms with Crippen LogP contribution in [0.25, 0.3) is 0 Å². The first-order chi connectivity index (χ1) is 6.33. The minimum Gasteiger partial charge on any atom is -0.376 e. The Morgan fingerprint density at radius 3 is 2.21 bits per heavy atom. The minimum absolute atomic E-state index is 0.122. The molecule has 0 rings (SSSR count). The second-order valence-electron chi connectivity index (χ2n) is 4.69. The molecule has 0 saturated carbocycles. The second kappa shape index (κ2) is 5.33. The van der Waals surface area contributed by atoms with E-state index in [0.717, 1.165) is 6.54 Å². The Kier molecular flexibility index (Phi) is 5.11. The fourth-order valence-corrected chi connectivity index (χ4v) is 1.14. The molecule has 0 heterocycles. The molecule has 0 aliphatic carbocycles. The quantitative estimate of drug-likeness (QED) is 0.735. The van der Waals surface area contributed by atoms with Crippen molar-refractivity contribution in [2.45, 2.75) is 52.2 Å². The lowest BCUT2D eigenvalue weighted by atomic mass is 10.0. The van der Waals surface area contributed by atoms with Gasteiger partial charge in [-0.1, -0.05) is 6.92 Å². The van der Waals surface area contributed by atoms with Crippen LogP contribution in [0.3, 0.4) is 0 Å². The third-order valence-electron chi connectivity index (χ3n) is 1.95. The molecule has 1 N–H and O–H groups in total. The Bertz CT molecular complexity index is 202. The molecule has 0 aliphatic heterocycles. The summed E-state index contributed by atoms with van der Waals surface area (Å²) in [6.45, 7) is 11.4. The van der Waals surface area contributed by atoms with Crippen LogP contribution in [0.15, 0.2) is 0 Å². The summed E-state index contributed by atoms with van der Waals surface area (Å²) in [6, 6.07) is 2.27. The van der Waals surface area contributed by atoms with Crippen LogP contribution in [-0.2, 0) is 4.74 Å². The smallest absolute Gasteiger partial charge is 0.106 e. The summed E-state index contributed by atoms with van der Waals surface area (Å²) in [5.41, 5.74) is -0.581. The average molecular weight is 198 g/mol. The Hall–Kier alpha value is -0.590. The third kappa shape index (κ3) is 5.95. The van der Waals surface area contributed by atoms with Crippen molar-refractivity contribution < 1.29 is 4.74 Å². The Morgan fingerprint density at radius 1 is 1.29 bits per heavy atom. The van der Waals surface area contributed by atoms with Gasteiger partial charge in [0.05, 0.1) is 18.3 Å². The van der Waals surface area contributed by atoms with E-state index in [9.17, 15) is 0 Å². The maximum atomic E-state index is 8.98. The second-order valence-corrected chi connectivity index (χ2v) is 4.69. The van der Waals surface area contributed by atoms with E-state index in [2.05, 4.69) is 11.4 Å². The first-order valence-electron chi connectivity index (χ1n) is 5.13. The molecule has 0 amide bonds. The molecule has 0 spiro atoms. The lowest BCUT2D eigenvalue weighted by Gasteiger charge is -2.25. The van der Waals surface area contributed by atoms with Crippen molar-refractivity contribution in [3.05, 3.63) is 0 Å². The molecule has 3 heteroatoms. The maximum absolute atomic E-state index is 8.98. The Morgan fingerprint density at radius 2 is 1.86 bits per heavy atom. The number of rotatable bonds is 5. The minimum atomic E-state index is -0.458. The zero-order chi connectivity index (χ0) is 11.2. The summed E-state index contributed by atoms with van der Waals surface area (Å²) in [5, 5.41) is 12.1. The van der Waals surface area contributed by atoms with Gasteiger partial charge in [-0.3, -0.25) is 5.32 Å². The topological polar surface area (TPSA) is 45.0 Å². The van der Waals surface area contributed by atoms with Crippen LogP contribution in [-0.4, -0.2) is 24.3 Å². The zero-order valence-electron chi connectivity index (χ0n) is 9.98. The molecule has 0 aromatic rings. The van der Waals surface area contributed by atoms with Crippen molar-refractivity contribution in [1.29, 1.82) is 5.26 Å². The number of hydrogen-bond acceptors (Lipinski definition) is 3. The van der Waals surface area contributed by atoms with Gasteiger partial charge in [0.1, 0.15) is 5.54 Å². The molecular weight excluding hydrogens is 176 g/mol. The molecule has 1 atom stereocenters. The highest BCUT2D eigenvalue weighted by Gasteiger charge is 2.22. The first-order valence-corrected chi connectivity index (χ1v) is 5.13. The van der Waals surface area contributed by atoms with Gasteiger partial charge in [0.15, 0.2) is 0 Å². The van der Waals surface area contributed by atoms with Crippen LogP contribution in [0.1, 0.15) is 41.0 Å². The molecule has 0 aromatic heterocycles. The number of nitrogens with one attached hydrogen (secondary N) is 1. The summed E-state index contributed by atoms with van der Waals surface area (Å²) in [6.07, 6.45) is 0.717. The molecule has 0 saturated heterocycles. The first kappa shape index (κ1) is 13.4. The van der Waals surface area contributed by atoms with E-state index >= 15 is 0 Å². The van der Waals surface area contributed by atoms with E-state index in [-0.39, 0.29) is 5.60 Å². The van der Waals surface area contributed by atoms with Crippen LogP contribution in [0.5, 0.6) is 0 Å². The van der Waals surface area contributed by atoms with E-state index in [1.165, 1.54) is 0 Å². The van der Waals surface area contributed by atoms with Crippen molar-refractivity contribution in [2.75, 3.05) is 13.2 Å². The molecule has 3 nitrogen and oxygen atoms in total. The molecule has 14 heavy (non-hydrogen) atoms. The molecule has 82 valence electrons. The van der Waals surface area contributed by atoms with E-state index in [1.54, 1.807) is 0 Å². The van der Waals surface area contributed by atoms with Crippen molar-refractivity contribution in [3.63, 3.8) is 0 Å². The molecule has 1 unspecified atom stereocenters. The van der Waals surface area contributed by atoms with Crippen molar-refractivity contribution >= 4 is 0 Å². The van der Waals surface area contributed by atoms with Crippen molar-refractivity contribution in [1.82, 2.24) is 5.32 Å². The van der Waals surface area contributed by atoms with E-state index in [4.69, 9.17) is 10.00 Å². The summed E-state index contributed by atoms with van der Waals surface area (Å²) >= 11 is 0. The highest BCUT2D eigenvalue weighted by Crippen LogP contribution is 2.12. The highest BCUT2D eigenvalue weighted by atomic mass is 16.5. The largest absolute Gasteiger partial charge is 0.376 e. The molecule has 0 aromatic carbocycles. The Balaban J connectivity index is 3.92. The van der Waals surface area contributed by atoms with Crippen LogP contribution in [0, 0.1) is 11.3 Å². The predicted octanol–water partition coefficient (Wildman–Crippen LogP) is 2.08. The van der Waals surface area contributed by atoms with Crippen LogP contribution in [0.2, 0.25) is 0 Å². The average Bonchev–Trinajstić information content (AvgIpc) is 2.02. The van der Waals surface area contributed by atoms with Crippen LogP contribution >= 0.6 is 0 Å². The molecule has 0 fully saturated rings. The molecule has 0 bridgehead atoms. The maximum Gasteiger partial charge on any atom is 0.106 e. The van der Waals surface area contributed by atoms with Gasteiger partial charge in [-0.05, 0) is 34.2 Å². The van der Waals surface area contributed by atoms with Gasteiger partial charge in [0, 0.05) is 6.42 Å². The predicted molar refractivity (Wildman–Crippen MR) is 58.0 cm³/mol. The fourth-order valence-electron chi connectivity index (χ4n) is 1.14. The summed E-state index contributed by atoms with van der Waals surface area (Å²) < 4.78 is 5.58. The standard InChI is InChI=1S/C11H22N2O/c1-6-13-11(5,9-12)7-8-14-10(2,3)4/h13H,6-8H2,1-5H3. The zero-order valence-corrected chi connectivity index (χ0v) is 9.98. The van der Waals surface area contributed by atoms with Gasteiger partial charge in [0.2, 0.25) is 0 Å². The molecule has 0 radical (unpaired) electrons. The fraction of sp³-hybridized carbons (Fsp3) is 0.909. The van der Waals surface area contributed by atoms with Crippen molar-refractivity contribution in [2.24, 2.45) is 0 Å². The van der Waals surface area contributed by atoms with E-state index < -0.39 is 5.54 Å². The summed E-state index contributed by atoms with van der Waals surface area (Å²) in [4.78, 5) is 0. The number of nitrogens with zero attached hydrogens (tertiary/aromatic N) is 1. The number of ether oxygens (including phenoxy) is 1. The number of nitriles is 1. The SMILES string of the molecule is CCNC(C)(C#N)CCOC(C)(C)C. The van der Waals surface area contributed by atoms with Gasteiger partial charge in [-0.15, -0.1) is 0 Å². The molecular formula is C11H22N2O. The highest BCUT2D eigenvalue weighted by molar-refractivity contribution is 5.03. The third-order valence-corrected chi connectivity index (χ3v) is 1.95. The van der Waals surface area contributed by atoms with E-state index in [1.807, 2.05) is 34.6 Å². The van der Waals surface area contributed by atoms with Gasteiger partial charge in [0.25, 0.3) is 0 Å². The van der Waals surface area contributed by atoms with Crippen LogP contribution < -0.4 is 5.32 Å². The lowest BCUT2D eigenvalue weighted by Crippen LogP contribution is -2.42. The number of hydrogen-bond donors (Lipinski definition) is 1. The van der Waals surface area contributed by atoms with Gasteiger partial charge < -0.3 is 4.74 Å². The molecule has 0 aliphatic rings. The lowest BCUT2D eigenvalue weighted by molar-refractivity contribution is -0.00942. The van der Waals surface area contributed by atoms with Crippen molar-refractivity contribution in [3.8, 4) is 6.07 Å². The van der Waals surface area contributed by atoms with Gasteiger partial charge in [-0.25, -0.2) is 0 Å². The Labute approximate surface area is 87.4 Å². The monoisotopic (exact) mass is 198 g/mol. The van der Waals surface area contributed by atoms with E-state index in [0.29, 0.717) is 13.0 Å². The summed E-state index contributed by atoms with van der Waals surface area (Å²) in [7, 11) is 0. The summed E-state index contributed by atoms with van der Waals surface area (Å²) in [5.74, 6) is 0.